The molecule has 0 heterocycles. The number of hydrogen-bond acceptors (Lipinski definition) is 3. The summed E-state index contributed by atoms with van der Waals surface area (Å²) in [5.74, 6) is 0.448. The summed E-state index contributed by atoms with van der Waals surface area (Å²) in [4.78, 5) is 11.5. The average Bonchev–Trinajstić information content (AvgIpc) is 2.07. The zero-order valence-corrected chi connectivity index (χ0v) is 12.8. The van der Waals surface area contributed by atoms with Gasteiger partial charge in [-0.15, -0.1) is 11.8 Å². The van der Waals surface area contributed by atoms with E-state index in [1.165, 1.54) is 0 Å². The molecule has 0 aliphatic heterocycles. The fraction of sp³-hybridized carbons (Fsp3) is 0.923. The third-order valence-electron chi connectivity index (χ3n) is 2.02. The van der Waals surface area contributed by atoms with E-state index < -0.39 is 6.10 Å². The molecule has 1 atom stereocenters. The fourth-order valence-electron chi connectivity index (χ4n) is 1.34. The molecule has 1 amide bonds. The second-order valence-electron chi connectivity index (χ2n) is 6.62. The fourth-order valence-corrected chi connectivity index (χ4v) is 2.01. The Balaban J connectivity index is 3.78. The van der Waals surface area contributed by atoms with Crippen molar-refractivity contribution in [3.05, 3.63) is 0 Å². The molecule has 0 aromatic heterocycles. The molecule has 1 unspecified atom stereocenters. The van der Waals surface area contributed by atoms with Crippen LogP contribution in [0.2, 0.25) is 0 Å². The van der Waals surface area contributed by atoms with Gasteiger partial charge in [-0.05, 0) is 11.8 Å². The highest BCUT2D eigenvalue weighted by atomic mass is 32.2. The van der Waals surface area contributed by atoms with Gasteiger partial charge >= 0.3 is 0 Å². The number of nitrogens with one attached hydrogen (secondary N) is 1. The van der Waals surface area contributed by atoms with Gasteiger partial charge < -0.3 is 10.4 Å². The summed E-state index contributed by atoms with van der Waals surface area (Å²) in [6.07, 6.45) is 0.234. The maximum absolute atomic E-state index is 11.5. The maximum atomic E-state index is 11.5. The molecule has 0 aliphatic carbocycles. The number of aliphatic hydroxyl groups is 1. The average molecular weight is 261 g/mol. The highest BCUT2D eigenvalue weighted by Crippen LogP contribution is 2.22. The summed E-state index contributed by atoms with van der Waals surface area (Å²) in [6.45, 7) is 12.8. The first-order chi connectivity index (χ1) is 7.49. The van der Waals surface area contributed by atoms with Crippen LogP contribution in [0, 0.1) is 5.41 Å². The SMILES string of the molecule is CC(C)(C)CC(O)CNC(=O)CSC(C)(C)C. The number of aliphatic hydroxyl groups excluding tert-OH is 1. The molecule has 0 saturated carbocycles. The van der Waals surface area contributed by atoms with E-state index in [1.807, 2.05) is 0 Å². The number of thioether (sulfide) groups is 1. The summed E-state index contributed by atoms with van der Waals surface area (Å²) in [6, 6.07) is 0. The minimum atomic E-state index is -0.460. The maximum Gasteiger partial charge on any atom is 0.230 e. The number of carbonyl (C=O) groups excluding carboxylic acids is 1. The van der Waals surface area contributed by atoms with Gasteiger partial charge in [0.1, 0.15) is 0 Å². The molecular formula is C13H27NO2S. The van der Waals surface area contributed by atoms with E-state index in [9.17, 15) is 9.90 Å². The van der Waals surface area contributed by atoms with Gasteiger partial charge in [0.25, 0.3) is 0 Å². The van der Waals surface area contributed by atoms with Crippen LogP contribution in [0.5, 0.6) is 0 Å². The summed E-state index contributed by atoms with van der Waals surface area (Å²) >= 11 is 1.61. The topological polar surface area (TPSA) is 49.3 Å². The number of rotatable bonds is 5. The van der Waals surface area contributed by atoms with Crippen molar-refractivity contribution in [1.29, 1.82) is 0 Å². The second kappa shape index (κ2) is 6.64. The van der Waals surface area contributed by atoms with Crippen molar-refractivity contribution < 1.29 is 9.90 Å². The van der Waals surface area contributed by atoms with Gasteiger partial charge in [-0.25, -0.2) is 0 Å². The van der Waals surface area contributed by atoms with Gasteiger partial charge in [0, 0.05) is 11.3 Å². The zero-order chi connectivity index (χ0) is 13.7. The van der Waals surface area contributed by atoms with Crippen molar-refractivity contribution in [2.24, 2.45) is 5.41 Å². The summed E-state index contributed by atoms with van der Waals surface area (Å²) in [5, 5.41) is 12.5. The monoisotopic (exact) mass is 261 g/mol. The van der Waals surface area contributed by atoms with E-state index in [1.54, 1.807) is 11.8 Å². The number of carbonyl (C=O) groups is 1. The predicted molar refractivity (Wildman–Crippen MR) is 75.3 cm³/mol. The normalized spacial score (nSPS) is 14.5. The first-order valence-electron chi connectivity index (χ1n) is 6.08. The molecule has 17 heavy (non-hydrogen) atoms. The molecule has 0 radical (unpaired) electrons. The van der Waals surface area contributed by atoms with Crippen LogP contribution < -0.4 is 5.32 Å². The van der Waals surface area contributed by atoms with Gasteiger partial charge in [0.2, 0.25) is 5.91 Å². The molecule has 0 bridgehead atoms. The lowest BCUT2D eigenvalue weighted by Gasteiger charge is -2.22. The standard InChI is InChI=1S/C13H27NO2S/c1-12(2,3)7-10(15)8-14-11(16)9-17-13(4,5)6/h10,15H,7-9H2,1-6H3,(H,14,16). The van der Waals surface area contributed by atoms with Crippen LogP contribution in [0.15, 0.2) is 0 Å². The molecule has 0 saturated heterocycles. The van der Waals surface area contributed by atoms with Gasteiger partial charge in [-0.2, -0.15) is 0 Å². The van der Waals surface area contributed by atoms with Crippen molar-refractivity contribution in [3.8, 4) is 0 Å². The van der Waals surface area contributed by atoms with E-state index in [2.05, 4.69) is 46.9 Å². The van der Waals surface area contributed by atoms with Crippen molar-refractivity contribution in [3.63, 3.8) is 0 Å². The van der Waals surface area contributed by atoms with Crippen molar-refractivity contribution >= 4 is 17.7 Å². The van der Waals surface area contributed by atoms with Gasteiger partial charge in [0.05, 0.1) is 11.9 Å². The molecular weight excluding hydrogens is 234 g/mol. The third-order valence-corrected chi connectivity index (χ3v) is 3.29. The Kier molecular flexibility index (Phi) is 6.56. The molecule has 4 heteroatoms. The molecule has 102 valence electrons. The van der Waals surface area contributed by atoms with E-state index in [0.29, 0.717) is 18.7 Å². The Bertz CT molecular complexity index is 241. The Hall–Kier alpha value is -0.220. The smallest absolute Gasteiger partial charge is 0.230 e. The Labute approximate surface area is 110 Å². The first kappa shape index (κ1) is 16.8. The highest BCUT2D eigenvalue weighted by molar-refractivity contribution is 8.01. The molecule has 0 aromatic carbocycles. The van der Waals surface area contributed by atoms with Crippen LogP contribution >= 0.6 is 11.8 Å². The van der Waals surface area contributed by atoms with Crippen molar-refractivity contribution in [1.82, 2.24) is 5.32 Å². The van der Waals surface area contributed by atoms with E-state index in [4.69, 9.17) is 0 Å². The van der Waals surface area contributed by atoms with Crippen molar-refractivity contribution in [2.75, 3.05) is 12.3 Å². The van der Waals surface area contributed by atoms with E-state index in [-0.39, 0.29) is 16.1 Å². The second-order valence-corrected chi connectivity index (χ2v) is 8.43. The molecule has 0 aliphatic rings. The molecule has 0 aromatic rings. The minimum Gasteiger partial charge on any atom is -0.391 e. The lowest BCUT2D eigenvalue weighted by Crippen LogP contribution is -2.35. The molecule has 3 nitrogen and oxygen atoms in total. The van der Waals surface area contributed by atoms with Crippen LogP contribution in [-0.4, -0.2) is 34.2 Å². The van der Waals surface area contributed by atoms with E-state index >= 15 is 0 Å². The molecule has 0 rings (SSSR count). The molecule has 0 fully saturated rings. The predicted octanol–water partition coefficient (Wildman–Crippen LogP) is 2.43. The van der Waals surface area contributed by atoms with Crippen molar-refractivity contribution in [2.45, 2.75) is 58.8 Å². The summed E-state index contributed by atoms with van der Waals surface area (Å²) < 4.78 is 0.0986. The Morgan fingerprint density at radius 1 is 1.24 bits per heavy atom. The molecule has 0 spiro atoms. The van der Waals surface area contributed by atoms with Gasteiger partial charge in [-0.1, -0.05) is 41.5 Å². The first-order valence-corrected chi connectivity index (χ1v) is 7.07. The Morgan fingerprint density at radius 3 is 2.18 bits per heavy atom. The minimum absolute atomic E-state index is 0.00196. The molecule has 2 N–H and O–H groups in total. The van der Waals surface area contributed by atoms with Crippen LogP contribution in [0.4, 0.5) is 0 Å². The summed E-state index contributed by atoms with van der Waals surface area (Å²) in [5.41, 5.74) is 0.0876. The largest absolute Gasteiger partial charge is 0.391 e. The lowest BCUT2D eigenvalue weighted by atomic mass is 9.89. The van der Waals surface area contributed by atoms with Crippen LogP contribution in [0.1, 0.15) is 48.0 Å². The highest BCUT2D eigenvalue weighted by Gasteiger charge is 2.18. The van der Waals surface area contributed by atoms with Crippen LogP contribution in [0.3, 0.4) is 0 Å². The van der Waals surface area contributed by atoms with E-state index in [0.717, 1.165) is 0 Å². The number of hydrogen-bond donors (Lipinski definition) is 2. The zero-order valence-electron chi connectivity index (χ0n) is 12.0. The van der Waals surface area contributed by atoms with Crippen LogP contribution in [-0.2, 0) is 4.79 Å². The summed E-state index contributed by atoms with van der Waals surface area (Å²) in [7, 11) is 0. The quantitative estimate of drug-likeness (QED) is 0.799. The van der Waals surface area contributed by atoms with Gasteiger partial charge in [0.15, 0.2) is 0 Å². The third kappa shape index (κ3) is 12.0. The van der Waals surface area contributed by atoms with Crippen LogP contribution in [0.25, 0.3) is 0 Å². The Morgan fingerprint density at radius 2 is 1.76 bits per heavy atom. The number of amides is 1. The van der Waals surface area contributed by atoms with Gasteiger partial charge in [-0.3, -0.25) is 4.79 Å². The lowest BCUT2D eigenvalue weighted by molar-refractivity contribution is -0.119.